The zero-order valence-corrected chi connectivity index (χ0v) is 8.91. The van der Waals surface area contributed by atoms with Gasteiger partial charge in [0, 0.05) is 19.1 Å². The van der Waals surface area contributed by atoms with Crippen LogP contribution in [0, 0.1) is 11.8 Å². The molecule has 14 heavy (non-hydrogen) atoms. The van der Waals surface area contributed by atoms with Crippen LogP contribution in [-0.4, -0.2) is 29.9 Å². The molecule has 1 aliphatic heterocycles. The molecule has 3 heteroatoms. The number of carbonyl (C=O) groups excluding carboxylic acids is 1. The van der Waals surface area contributed by atoms with Gasteiger partial charge in [-0.05, 0) is 31.6 Å². The number of rotatable bonds is 3. The molecule has 3 atom stereocenters. The van der Waals surface area contributed by atoms with E-state index in [0.717, 1.165) is 18.9 Å². The summed E-state index contributed by atoms with van der Waals surface area (Å²) in [6.45, 7) is 3.55. The molecule has 2 aliphatic rings. The summed E-state index contributed by atoms with van der Waals surface area (Å²) in [6.07, 6.45) is 4.67. The minimum absolute atomic E-state index is 0.0642. The lowest BCUT2D eigenvalue weighted by molar-refractivity contribution is -0.137. The lowest BCUT2D eigenvalue weighted by Gasteiger charge is -2.30. The standard InChI is InChI=1S/C11H20N2O/c1-2-9(6-12)11(14)13-7-8-3-4-10(13)5-8/h8-10H,2-7,12H2,1H3. The van der Waals surface area contributed by atoms with E-state index in [1.807, 2.05) is 6.92 Å². The molecule has 1 saturated carbocycles. The Morgan fingerprint density at radius 2 is 2.36 bits per heavy atom. The van der Waals surface area contributed by atoms with Crippen LogP contribution in [0.3, 0.4) is 0 Å². The number of piperidine rings is 1. The first kappa shape index (κ1) is 9.97. The van der Waals surface area contributed by atoms with E-state index in [2.05, 4.69) is 4.90 Å². The molecule has 2 fully saturated rings. The van der Waals surface area contributed by atoms with Gasteiger partial charge in [0.25, 0.3) is 0 Å². The molecule has 2 rings (SSSR count). The van der Waals surface area contributed by atoms with Gasteiger partial charge in [0.1, 0.15) is 0 Å². The maximum Gasteiger partial charge on any atom is 0.227 e. The molecule has 1 aliphatic carbocycles. The average Bonchev–Trinajstić information content (AvgIpc) is 2.80. The Morgan fingerprint density at radius 1 is 1.57 bits per heavy atom. The number of fused-ring (bicyclic) bond motifs is 2. The molecule has 0 spiro atoms. The van der Waals surface area contributed by atoms with Crippen LogP contribution in [0.1, 0.15) is 32.6 Å². The highest BCUT2D eigenvalue weighted by Gasteiger charge is 2.41. The zero-order valence-electron chi connectivity index (χ0n) is 8.91. The van der Waals surface area contributed by atoms with Crippen LogP contribution in [0.5, 0.6) is 0 Å². The Balaban J connectivity index is 1.98. The van der Waals surface area contributed by atoms with E-state index in [1.54, 1.807) is 0 Å². The van der Waals surface area contributed by atoms with Crippen LogP contribution < -0.4 is 5.73 Å². The summed E-state index contributed by atoms with van der Waals surface area (Å²) in [4.78, 5) is 14.1. The predicted molar refractivity (Wildman–Crippen MR) is 55.7 cm³/mol. The highest BCUT2D eigenvalue weighted by Crippen LogP contribution is 2.38. The summed E-state index contributed by atoms with van der Waals surface area (Å²) in [5.41, 5.74) is 5.60. The zero-order chi connectivity index (χ0) is 10.1. The number of amides is 1. The summed E-state index contributed by atoms with van der Waals surface area (Å²) in [6, 6.07) is 0.549. The van der Waals surface area contributed by atoms with E-state index in [9.17, 15) is 4.79 Å². The SMILES string of the molecule is CCC(CN)C(=O)N1CC2CCC1C2. The molecule has 1 heterocycles. The van der Waals surface area contributed by atoms with Crippen molar-refractivity contribution in [1.82, 2.24) is 4.90 Å². The van der Waals surface area contributed by atoms with Crippen LogP contribution in [0.2, 0.25) is 0 Å². The second kappa shape index (κ2) is 3.89. The number of carbonyl (C=O) groups is 1. The van der Waals surface area contributed by atoms with Crippen molar-refractivity contribution in [3.05, 3.63) is 0 Å². The second-order valence-electron chi connectivity index (χ2n) is 4.66. The number of nitrogens with two attached hydrogens (primary N) is 1. The number of likely N-dealkylation sites (tertiary alicyclic amines) is 1. The fraction of sp³-hybridized carbons (Fsp3) is 0.909. The van der Waals surface area contributed by atoms with E-state index in [-0.39, 0.29) is 5.92 Å². The maximum absolute atomic E-state index is 12.0. The van der Waals surface area contributed by atoms with Gasteiger partial charge < -0.3 is 10.6 Å². The van der Waals surface area contributed by atoms with Crippen LogP contribution in [0.4, 0.5) is 0 Å². The molecule has 3 nitrogen and oxygen atoms in total. The van der Waals surface area contributed by atoms with Crippen molar-refractivity contribution in [3.63, 3.8) is 0 Å². The lowest BCUT2D eigenvalue weighted by Crippen LogP contribution is -2.43. The fourth-order valence-electron chi connectivity index (χ4n) is 2.87. The largest absolute Gasteiger partial charge is 0.339 e. The number of hydrogen-bond donors (Lipinski definition) is 1. The Bertz CT molecular complexity index is 225. The summed E-state index contributed by atoms with van der Waals surface area (Å²) in [7, 11) is 0. The minimum Gasteiger partial charge on any atom is -0.339 e. The van der Waals surface area contributed by atoms with Crippen molar-refractivity contribution in [1.29, 1.82) is 0 Å². The molecule has 0 aromatic carbocycles. The third-order valence-corrected chi connectivity index (χ3v) is 3.82. The molecule has 0 radical (unpaired) electrons. The highest BCUT2D eigenvalue weighted by atomic mass is 16.2. The summed E-state index contributed by atoms with van der Waals surface area (Å²) >= 11 is 0. The molecule has 1 amide bonds. The van der Waals surface area contributed by atoms with Crippen LogP contribution in [0.25, 0.3) is 0 Å². The van der Waals surface area contributed by atoms with Gasteiger partial charge in [-0.3, -0.25) is 4.79 Å². The topological polar surface area (TPSA) is 46.3 Å². The van der Waals surface area contributed by atoms with Crippen molar-refractivity contribution in [2.75, 3.05) is 13.1 Å². The molecule has 2 bridgehead atoms. The van der Waals surface area contributed by atoms with Gasteiger partial charge in [0.2, 0.25) is 5.91 Å². The number of hydrogen-bond acceptors (Lipinski definition) is 2. The smallest absolute Gasteiger partial charge is 0.227 e. The first-order chi connectivity index (χ1) is 6.76. The third-order valence-electron chi connectivity index (χ3n) is 3.82. The van der Waals surface area contributed by atoms with E-state index in [0.29, 0.717) is 18.5 Å². The second-order valence-corrected chi connectivity index (χ2v) is 4.66. The van der Waals surface area contributed by atoms with Gasteiger partial charge in [0.05, 0.1) is 5.92 Å². The van der Waals surface area contributed by atoms with Crippen LogP contribution >= 0.6 is 0 Å². The van der Waals surface area contributed by atoms with Crippen molar-refractivity contribution in [2.45, 2.75) is 38.6 Å². The van der Waals surface area contributed by atoms with Gasteiger partial charge in [-0.15, -0.1) is 0 Å². The van der Waals surface area contributed by atoms with Crippen LogP contribution in [0.15, 0.2) is 0 Å². The molecule has 2 N–H and O–H groups in total. The molecular weight excluding hydrogens is 176 g/mol. The molecule has 0 aromatic rings. The van der Waals surface area contributed by atoms with Gasteiger partial charge in [-0.1, -0.05) is 6.92 Å². The van der Waals surface area contributed by atoms with Crippen molar-refractivity contribution >= 4 is 5.91 Å². The normalized spacial score (nSPS) is 32.3. The van der Waals surface area contributed by atoms with Gasteiger partial charge in [-0.25, -0.2) is 0 Å². The third kappa shape index (κ3) is 1.54. The van der Waals surface area contributed by atoms with Crippen molar-refractivity contribution in [3.8, 4) is 0 Å². The molecule has 0 aromatic heterocycles. The average molecular weight is 196 g/mol. The Kier molecular flexibility index (Phi) is 2.77. The first-order valence-electron chi connectivity index (χ1n) is 5.76. The Morgan fingerprint density at radius 3 is 2.79 bits per heavy atom. The maximum atomic E-state index is 12.0. The monoisotopic (exact) mass is 196 g/mol. The minimum atomic E-state index is 0.0642. The molecular formula is C11H20N2O. The summed E-state index contributed by atoms with van der Waals surface area (Å²) in [5.74, 6) is 1.16. The summed E-state index contributed by atoms with van der Waals surface area (Å²) in [5, 5.41) is 0. The summed E-state index contributed by atoms with van der Waals surface area (Å²) < 4.78 is 0. The van der Waals surface area contributed by atoms with E-state index < -0.39 is 0 Å². The van der Waals surface area contributed by atoms with Gasteiger partial charge in [-0.2, -0.15) is 0 Å². The van der Waals surface area contributed by atoms with Gasteiger partial charge in [0.15, 0.2) is 0 Å². The quantitative estimate of drug-likeness (QED) is 0.731. The Labute approximate surface area is 85.6 Å². The number of nitrogens with zero attached hydrogens (tertiary/aromatic N) is 1. The lowest BCUT2D eigenvalue weighted by atomic mass is 10.0. The van der Waals surface area contributed by atoms with Crippen molar-refractivity contribution in [2.24, 2.45) is 17.6 Å². The molecule has 80 valence electrons. The Hall–Kier alpha value is -0.570. The van der Waals surface area contributed by atoms with Gasteiger partial charge >= 0.3 is 0 Å². The van der Waals surface area contributed by atoms with E-state index in [4.69, 9.17) is 5.73 Å². The van der Waals surface area contributed by atoms with E-state index >= 15 is 0 Å². The predicted octanol–water partition coefficient (Wildman–Crippen LogP) is 0.982. The van der Waals surface area contributed by atoms with Crippen molar-refractivity contribution < 1.29 is 4.79 Å². The first-order valence-corrected chi connectivity index (χ1v) is 5.76. The van der Waals surface area contributed by atoms with E-state index in [1.165, 1.54) is 19.3 Å². The fourth-order valence-corrected chi connectivity index (χ4v) is 2.87. The molecule has 3 unspecified atom stereocenters. The molecule has 1 saturated heterocycles. The highest BCUT2D eigenvalue weighted by molar-refractivity contribution is 5.79. The van der Waals surface area contributed by atoms with Crippen LogP contribution in [-0.2, 0) is 4.79 Å².